The van der Waals surface area contributed by atoms with E-state index in [1.807, 2.05) is 49.4 Å². The molecule has 120 valence electrons. The van der Waals surface area contributed by atoms with Crippen molar-refractivity contribution < 1.29 is 14.6 Å². The Morgan fingerprint density at radius 1 is 1.26 bits per heavy atom. The van der Waals surface area contributed by atoms with Crippen molar-refractivity contribution in [2.75, 3.05) is 0 Å². The zero-order valence-corrected chi connectivity index (χ0v) is 13.8. The first-order valence-corrected chi connectivity index (χ1v) is 8.07. The largest absolute Gasteiger partial charge is 0.487 e. The van der Waals surface area contributed by atoms with Crippen LogP contribution in [0.25, 0.3) is 0 Å². The molecular formula is C19H19ClO3. The summed E-state index contributed by atoms with van der Waals surface area (Å²) in [5.74, 6) is -0.0916. The van der Waals surface area contributed by atoms with Crippen molar-refractivity contribution in [3.8, 4) is 5.75 Å². The highest BCUT2D eigenvalue weighted by atomic mass is 35.5. The van der Waals surface area contributed by atoms with Gasteiger partial charge < -0.3 is 9.84 Å². The topological polar surface area (TPSA) is 46.5 Å². The van der Waals surface area contributed by atoms with Gasteiger partial charge in [-0.3, -0.25) is 4.79 Å². The monoisotopic (exact) mass is 330 g/mol. The molecule has 0 unspecified atom stereocenters. The van der Waals surface area contributed by atoms with E-state index in [0.717, 1.165) is 29.5 Å². The molecule has 1 N–H and O–H groups in total. The quantitative estimate of drug-likeness (QED) is 0.832. The molecule has 0 atom stereocenters. The highest BCUT2D eigenvalue weighted by Crippen LogP contribution is 2.52. The normalized spacial score (nSPS) is 15.2. The summed E-state index contributed by atoms with van der Waals surface area (Å²) in [5, 5.41) is 9.64. The van der Waals surface area contributed by atoms with Gasteiger partial charge in [-0.15, -0.1) is 0 Å². The van der Waals surface area contributed by atoms with Crippen LogP contribution in [0.2, 0.25) is 5.02 Å². The lowest BCUT2D eigenvalue weighted by atomic mass is 9.91. The Hall–Kier alpha value is -2.00. The van der Waals surface area contributed by atoms with E-state index in [1.54, 1.807) is 0 Å². The van der Waals surface area contributed by atoms with Crippen molar-refractivity contribution in [1.82, 2.24) is 0 Å². The van der Waals surface area contributed by atoms with E-state index in [1.165, 1.54) is 0 Å². The maximum absolute atomic E-state index is 11.1. The van der Waals surface area contributed by atoms with Gasteiger partial charge in [0.05, 0.1) is 11.4 Å². The molecule has 23 heavy (non-hydrogen) atoms. The van der Waals surface area contributed by atoms with Crippen molar-refractivity contribution in [1.29, 1.82) is 0 Å². The summed E-state index contributed by atoms with van der Waals surface area (Å²) in [6, 6.07) is 13.8. The molecule has 0 amide bonds. The molecule has 1 saturated carbocycles. The number of hydrogen-bond acceptors (Lipinski definition) is 2. The second kappa shape index (κ2) is 6.25. The fourth-order valence-corrected chi connectivity index (χ4v) is 3.28. The smallest absolute Gasteiger partial charge is 0.304 e. The predicted molar refractivity (Wildman–Crippen MR) is 90.1 cm³/mol. The van der Waals surface area contributed by atoms with Crippen molar-refractivity contribution in [3.63, 3.8) is 0 Å². The van der Waals surface area contributed by atoms with E-state index in [-0.39, 0.29) is 11.8 Å². The predicted octanol–water partition coefficient (Wildman–Crippen LogP) is 4.73. The van der Waals surface area contributed by atoms with Crippen LogP contribution < -0.4 is 4.74 Å². The van der Waals surface area contributed by atoms with E-state index in [0.29, 0.717) is 17.4 Å². The first-order valence-electron chi connectivity index (χ1n) is 7.69. The molecule has 4 heteroatoms. The van der Waals surface area contributed by atoms with Crippen LogP contribution in [-0.2, 0) is 16.8 Å². The minimum absolute atomic E-state index is 0.160. The molecule has 0 radical (unpaired) electrons. The number of aliphatic carboxylic acids is 1. The number of halogens is 1. The number of benzene rings is 2. The van der Waals surface area contributed by atoms with Crippen molar-refractivity contribution >= 4 is 17.6 Å². The molecular weight excluding hydrogens is 312 g/mol. The van der Waals surface area contributed by atoms with Gasteiger partial charge in [-0.1, -0.05) is 48.0 Å². The van der Waals surface area contributed by atoms with Gasteiger partial charge in [-0.25, -0.2) is 0 Å². The summed E-state index contributed by atoms with van der Waals surface area (Å²) in [6.45, 7) is 2.41. The molecule has 3 rings (SSSR count). The zero-order valence-electron chi connectivity index (χ0n) is 13.0. The number of carboxylic acid groups (broad SMARTS) is 1. The third kappa shape index (κ3) is 3.50. The van der Waals surface area contributed by atoms with Gasteiger partial charge in [-0.2, -0.15) is 0 Å². The Kier molecular flexibility index (Phi) is 4.31. The molecule has 0 saturated heterocycles. The minimum Gasteiger partial charge on any atom is -0.487 e. The highest BCUT2D eigenvalue weighted by Gasteiger charge is 2.46. The first-order chi connectivity index (χ1) is 11.0. The maximum Gasteiger partial charge on any atom is 0.304 e. The van der Waals surface area contributed by atoms with E-state index in [2.05, 4.69) is 0 Å². The summed E-state index contributed by atoms with van der Waals surface area (Å²) >= 11 is 6.40. The maximum atomic E-state index is 11.1. The van der Waals surface area contributed by atoms with E-state index < -0.39 is 5.97 Å². The molecule has 0 bridgehead atoms. The third-order valence-corrected chi connectivity index (χ3v) is 4.69. The average Bonchev–Trinajstić information content (AvgIpc) is 3.27. The minimum atomic E-state index is -0.763. The number of aryl methyl sites for hydroxylation is 1. The van der Waals surface area contributed by atoms with Crippen LogP contribution in [0.15, 0.2) is 42.5 Å². The Morgan fingerprint density at radius 2 is 1.96 bits per heavy atom. The van der Waals surface area contributed by atoms with E-state index >= 15 is 0 Å². The molecule has 0 aromatic heterocycles. The van der Waals surface area contributed by atoms with Crippen LogP contribution >= 0.6 is 11.6 Å². The second-order valence-electron chi connectivity index (χ2n) is 6.23. The lowest BCUT2D eigenvalue weighted by Crippen LogP contribution is -2.13. The molecule has 0 spiro atoms. The van der Waals surface area contributed by atoms with Crippen LogP contribution in [0, 0.1) is 6.92 Å². The lowest BCUT2D eigenvalue weighted by Gasteiger charge is -2.18. The standard InChI is InChI=1S/C19H19ClO3/c1-13-9-15(19(7-8-19)11-17(21)22)10-16(20)18(13)23-12-14-5-3-2-4-6-14/h2-6,9-10H,7-8,11-12H2,1H3,(H,21,22). The van der Waals surface area contributed by atoms with Gasteiger partial charge in [0.25, 0.3) is 0 Å². The van der Waals surface area contributed by atoms with Gasteiger partial charge in [0.1, 0.15) is 12.4 Å². The second-order valence-corrected chi connectivity index (χ2v) is 6.64. The van der Waals surface area contributed by atoms with Gasteiger partial charge >= 0.3 is 5.97 Å². The van der Waals surface area contributed by atoms with E-state index in [9.17, 15) is 4.79 Å². The van der Waals surface area contributed by atoms with Gasteiger partial charge in [0.15, 0.2) is 0 Å². The fourth-order valence-electron chi connectivity index (χ4n) is 2.96. The third-order valence-electron chi connectivity index (χ3n) is 4.41. The summed E-state index contributed by atoms with van der Waals surface area (Å²) in [7, 11) is 0. The van der Waals surface area contributed by atoms with Gasteiger partial charge in [0.2, 0.25) is 0 Å². The Balaban J connectivity index is 1.80. The van der Waals surface area contributed by atoms with Crippen LogP contribution in [-0.4, -0.2) is 11.1 Å². The van der Waals surface area contributed by atoms with Crippen LogP contribution in [0.4, 0.5) is 0 Å². The molecule has 1 aliphatic carbocycles. The molecule has 3 nitrogen and oxygen atoms in total. The number of carbonyl (C=O) groups is 1. The summed E-state index contributed by atoms with van der Waals surface area (Å²) in [6.07, 6.45) is 1.96. The fraction of sp³-hybridized carbons (Fsp3) is 0.316. The lowest BCUT2D eigenvalue weighted by molar-refractivity contribution is -0.137. The SMILES string of the molecule is Cc1cc(C2(CC(=O)O)CC2)cc(Cl)c1OCc1ccccc1. The number of ether oxygens (including phenoxy) is 1. The molecule has 1 fully saturated rings. The highest BCUT2D eigenvalue weighted by molar-refractivity contribution is 6.32. The Labute approximate surface area is 140 Å². The average molecular weight is 331 g/mol. The van der Waals surface area contributed by atoms with Gasteiger partial charge in [0, 0.05) is 5.41 Å². The van der Waals surface area contributed by atoms with E-state index in [4.69, 9.17) is 21.4 Å². The molecule has 2 aromatic rings. The molecule has 2 aromatic carbocycles. The zero-order chi connectivity index (χ0) is 16.4. The molecule has 0 aliphatic heterocycles. The molecule has 1 aliphatic rings. The summed E-state index contributed by atoms with van der Waals surface area (Å²) in [4.78, 5) is 11.1. The van der Waals surface area contributed by atoms with Crippen LogP contribution in [0.3, 0.4) is 0 Å². The number of hydrogen-bond donors (Lipinski definition) is 1. The van der Waals surface area contributed by atoms with Crippen LogP contribution in [0.1, 0.15) is 36.0 Å². The first kappa shape index (κ1) is 15.9. The summed E-state index contributed by atoms with van der Waals surface area (Å²) < 4.78 is 5.87. The Morgan fingerprint density at radius 3 is 2.52 bits per heavy atom. The van der Waals surface area contributed by atoms with Crippen molar-refractivity contribution in [3.05, 3.63) is 64.2 Å². The number of carboxylic acids is 1. The van der Waals surface area contributed by atoms with Crippen molar-refractivity contribution in [2.24, 2.45) is 0 Å². The summed E-state index contributed by atoms with van der Waals surface area (Å²) in [5.41, 5.74) is 2.80. The van der Waals surface area contributed by atoms with Crippen molar-refractivity contribution in [2.45, 2.75) is 38.2 Å². The van der Waals surface area contributed by atoms with Crippen LogP contribution in [0.5, 0.6) is 5.75 Å². The molecule has 0 heterocycles. The Bertz CT molecular complexity index is 698. The van der Waals surface area contributed by atoms with Gasteiger partial charge in [-0.05, 0) is 42.5 Å². The number of rotatable bonds is 6.